The van der Waals surface area contributed by atoms with Gasteiger partial charge in [-0.1, -0.05) is 43.6 Å². The Kier molecular flexibility index (Phi) is 11.3. The summed E-state index contributed by atoms with van der Waals surface area (Å²) in [7, 11) is -0.0618. The van der Waals surface area contributed by atoms with E-state index in [2.05, 4.69) is 5.32 Å². The highest BCUT2D eigenvalue weighted by atomic mass is 35.5. The lowest BCUT2D eigenvalue weighted by atomic mass is 10.1. The summed E-state index contributed by atoms with van der Waals surface area (Å²) < 4.78 is 31.6. The second-order valence-electron chi connectivity index (χ2n) is 6.52. The molecule has 0 heterocycles. The van der Waals surface area contributed by atoms with Gasteiger partial charge in [0.15, 0.2) is 0 Å². The maximum atomic E-state index is 12.5. The first-order chi connectivity index (χ1) is 13.8. The number of benzene rings is 2. The van der Waals surface area contributed by atoms with Crippen LogP contribution in [0.4, 0.5) is 0 Å². The van der Waals surface area contributed by atoms with Crippen LogP contribution in [-0.2, 0) is 23.1 Å². The third-order valence-electron chi connectivity index (χ3n) is 4.39. The Morgan fingerprint density at radius 2 is 1.86 bits per heavy atom. The third-order valence-corrected chi connectivity index (χ3v) is 6.51. The van der Waals surface area contributed by atoms with Crippen LogP contribution in [-0.4, -0.2) is 39.2 Å². The average Bonchev–Trinajstić information content (AvgIpc) is 2.70. The van der Waals surface area contributed by atoms with E-state index in [1.54, 1.807) is 14.2 Å². The first-order valence-electron chi connectivity index (χ1n) is 9.84. The molecular formula is C22H33ClN2O3S. The van der Waals surface area contributed by atoms with E-state index in [0.29, 0.717) is 31.1 Å². The third kappa shape index (κ3) is 8.74. The Labute approximate surface area is 181 Å². The van der Waals surface area contributed by atoms with E-state index in [1.807, 2.05) is 63.2 Å². The Hall–Kier alpha value is -1.60. The summed E-state index contributed by atoms with van der Waals surface area (Å²) in [4.78, 5) is 0. The number of methoxy groups -OCH3 is 1. The maximum Gasteiger partial charge on any atom is 0.214 e. The van der Waals surface area contributed by atoms with Crippen molar-refractivity contribution >= 4 is 21.6 Å². The van der Waals surface area contributed by atoms with Gasteiger partial charge in [0.05, 0.1) is 12.9 Å². The molecule has 0 atom stereocenters. The average molecular weight is 441 g/mol. The summed E-state index contributed by atoms with van der Waals surface area (Å²) in [5, 5.41) is 3.96. The van der Waals surface area contributed by atoms with E-state index in [9.17, 15) is 8.42 Å². The Bertz CT molecular complexity index is 857. The van der Waals surface area contributed by atoms with Crippen molar-refractivity contribution < 1.29 is 13.2 Å². The molecule has 0 fully saturated rings. The molecule has 2 aromatic rings. The lowest BCUT2D eigenvalue weighted by molar-refractivity contribution is 0.413. The number of halogens is 1. The van der Waals surface area contributed by atoms with E-state index < -0.39 is 10.0 Å². The fraction of sp³-hybridized carbons (Fsp3) is 0.455. The molecule has 0 aliphatic carbocycles. The van der Waals surface area contributed by atoms with Gasteiger partial charge in [-0.25, -0.2) is 12.7 Å². The van der Waals surface area contributed by atoms with Crippen molar-refractivity contribution in [3.05, 3.63) is 64.2 Å². The molecular weight excluding hydrogens is 408 g/mol. The molecule has 162 valence electrons. The zero-order chi connectivity index (χ0) is 21.9. The molecule has 0 saturated carbocycles. The van der Waals surface area contributed by atoms with Gasteiger partial charge in [0, 0.05) is 25.2 Å². The van der Waals surface area contributed by atoms with Crippen molar-refractivity contribution in [2.75, 3.05) is 26.5 Å². The van der Waals surface area contributed by atoms with Gasteiger partial charge < -0.3 is 10.1 Å². The number of nitrogens with one attached hydrogen (secondary N) is 1. The molecule has 0 amide bonds. The highest BCUT2D eigenvalue weighted by Gasteiger charge is 2.18. The van der Waals surface area contributed by atoms with Crippen LogP contribution in [0.5, 0.6) is 5.75 Å². The van der Waals surface area contributed by atoms with Crippen LogP contribution in [0.25, 0.3) is 0 Å². The number of aryl methyl sites for hydroxylation is 1. The zero-order valence-corrected chi connectivity index (χ0v) is 19.6. The molecule has 0 aromatic heterocycles. The van der Waals surface area contributed by atoms with E-state index in [-0.39, 0.29) is 5.75 Å². The summed E-state index contributed by atoms with van der Waals surface area (Å²) in [5.41, 5.74) is 3.07. The number of hydrogen-bond acceptors (Lipinski definition) is 4. The molecule has 0 bridgehead atoms. The van der Waals surface area contributed by atoms with Gasteiger partial charge in [-0.05, 0) is 60.8 Å². The zero-order valence-electron chi connectivity index (χ0n) is 18.0. The normalized spacial score (nSPS) is 11.1. The van der Waals surface area contributed by atoms with Crippen LogP contribution >= 0.6 is 11.6 Å². The Morgan fingerprint density at radius 3 is 2.48 bits per heavy atom. The van der Waals surface area contributed by atoms with E-state index in [1.165, 1.54) is 4.31 Å². The monoisotopic (exact) mass is 440 g/mol. The number of hydrogen-bond donors (Lipinski definition) is 1. The van der Waals surface area contributed by atoms with Crippen LogP contribution in [0.2, 0.25) is 5.02 Å². The Balaban J connectivity index is 0.00000204. The largest absolute Gasteiger partial charge is 0.497 e. The number of ether oxygens (including phenoxy) is 1. The molecule has 0 radical (unpaired) electrons. The van der Waals surface area contributed by atoms with Crippen LogP contribution in [0.3, 0.4) is 0 Å². The van der Waals surface area contributed by atoms with Gasteiger partial charge in [-0.2, -0.15) is 0 Å². The number of sulfonamides is 1. The number of nitrogens with zero attached hydrogens (tertiary/aromatic N) is 1. The van der Waals surface area contributed by atoms with Crippen molar-refractivity contribution in [1.82, 2.24) is 9.62 Å². The quantitative estimate of drug-likeness (QED) is 0.547. The summed E-state index contributed by atoms with van der Waals surface area (Å²) in [6, 6.07) is 13.3. The van der Waals surface area contributed by atoms with E-state index in [4.69, 9.17) is 16.3 Å². The molecule has 29 heavy (non-hydrogen) atoms. The standard InChI is InChI=1S/C20H27ClN2O3S.C2H6/c1-16-12-20(26-3)9-8-18(16)15-23(2)27(24,25)11-5-10-22-14-17-6-4-7-19(21)13-17;1-2/h4,6-9,12-13,22H,5,10-11,14-15H2,1-3H3;1-2H3. The minimum Gasteiger partial charge on any atom is -0.497 e. The molecule has 5 nitrogen and oxygen atoms in total. The molecule has 0 aliphatic heterocycles. The first-order valence-corrected chi connectivity index (χ1v) is 11.8. The Morgan fingerprint density at radius 1 is 1.14 bits per heavy atom. The minimum atomic E-state index is -3.30. The van der Waals surface area contributed by atoms with Crippen molar-refractivity contribution in [1.29, 1.82) is 0 Å². The predicted octanol–water partition coefficient (Wildman–Crippen LogP) is 4.62. The maximum absolute atomic E-state index is 12.5. The second kappa shape index (κ2) is 12.9. The molecule has 0 saturated heterocycles. The van der Waals surface area contributed by atoms with Gasteiger partial charge in [-0.3, -0.25) is 0 Å². The fourth-order valence-electron chi connectivity index (χ4n) is 2.73. The van der Waals surface area contributed by atoms with Gasteiger partial charge in [-0.15, -0.1) is 0 Å². The molecule has 0 aliphatic rings. The second-order valence-corrected chi connectivity index (χ2v) is 9.16. The number of rotatable bonds is 10. The van der Waals surface area contributed by atoms with Gasteiger partial charge in [0.1, 0.15) is 5.75 Å². The molecule has 0 spiro atoms. The van der Waals surface area contributed by atoms with Crippen molar-refractivity contribution in [3.63, 3.8) is 0 Å². The first kappa shape index (κ1) is 25.4. The highest BCUT2D eigenvalue weighted by molar-refractivity contribution is 7.89. The van der Waals surface area contributed by atoms with Gasteiger partial charge in [0.25, 0.3) is 0 Å². The highest BCUT2D eigenvalue weighted by Crippen LogP contribution is 2.19. The minimum absolute atomic E-state index is 0.112. The summed E-state index contributed by atoms with van der Waals surface area (Å²) in [6.45, 7) is 7.61. The van der Waals surface area contributed by atoms with Gasteiger partial charge in [0.2, 0.25) is 10.0 Å². The lowest BCUT2D eigenvalue weighted by Gasteiger charge is -2.19. The van der Waals surface area contributed by atoms with Crippen molar-refractivity contribution in [2.24, 2.45) is 0 Å². The molecule has 2 aromatic carbocycles. The topological polar surface area (TPSA) is 58.6 Å². The summed E-state index contributed by atoms with van der Waals surface area (Å²) in [5.74, 6) is 0.883. The molecule has 0 unspecified atom stereocenters. The van der Waals surface area contributed by atoms with Gasteiger partial charge >= 0.3 is 0 Å². The molecule has 2 rings (SSSR count). The SMILES string of the molecule is CC.COc1ccc(CN(C)S(=O)(=O)CCCNCc2cccc(Cl)c2)c(C)c1. The van der Waals surface area contributed by atoms with Crippen LogP contribution in [0.15, 0.2) is 42.5 Å². The van der Waals surface area contributed by atoms with Crippen molar-refractivity contribution in [3.8, 4) is 5.75 Å². The van der Waals surface area contributed by atoms with Crippen LogP contribution in [0, 0.1) is 6.92 Å². The van der Waals surface area contributed by atoms with E-state index >= 15 is 0 Å². The molecule has 7 heteroatoms. The lowest BCUT2D eigenvalue weighted by Crippen LogP contribution is -2.30. The van der Waals surface area contributed by atoms with E-state index in [0.717, 1.165) is 22.4 Å². The van der Waals surface area contributed by atoms with Crippen molar-refractivity contribution in [2.45, 2.75) is 40.3 Å². The van der Waals surface area contributed by atoms with Crippen LogP contribution < -0.4 is 10.1 Å². The van der Waals surface area contributed by atoms with Crippen LogP contribution in [0.1, 0.15) is 37.0 Å². The summed E-state index contributed by atoms with van der Waals surface area (Å²) in [6.07, 6.45) is 0.550. The predicted molar refractivity (Wildman–Crippen MR) is 122 cm³/mol. The smallest absolute Gasteiger partial charge is 0.214 e. The fourth-order valence-corrected chi connectivity index (χ4v) is 4.10. The summed E-state index contributed by atoms with van der Waals surface area (Å²) >= 11 is 5.95. The molecule has 1 N–H and O–H groups in total.